The van der Waals surface area contributed by atoms with E-state index in [9.17, 15) is 9.59 Å². The van der Waals surface area contributed by atoms with Crippen molar-refractivity contribution in [3.8, 4) is 0 Å². The summed E-state index contributed by atoms with van der Waals surface area (Å²) in [6.07, 6.45) is 6.82. The van der Waals surface area contributed by atoms with Gasteiger partial charge in [0, 0.05) is 49.0 Å². The highest BCUT2D eigenvalue weighted by Gasteiger charge is 2.23. The Hall–Kier alpha value is -3.06. The molecule has 144 valence electrons. The monoisotopic (exact) mass is 377 g/mol. The van der Waals surface area contributed by atoms with Gasteiger partial charge < -0.3 is 10.2 Å². The molecule has 4 rings (SSSR count). The standard InChI is InChI=1S/C21H23N5O2/c27-20(16-5-9-22-10-6-16)25-12-7-18(8-13-25)23-11-14-26-21(28)19-4-2-1-3-17(19)15-24-26/h1-6,9-10,15,18,23H,7-8,11-14H2. The zero-order valence-corrected chi connectivity index (χ0v) is 15.6. The van der Waals surface area contributed by atoms with E-state index in [1.807, 2.05) is 29.2 Å². The molecule has 1 aliphatic rings. The summed E-state index contributed by atoms with van der Waals surface area (Å²) in [6.45, 7) is 2.66. The quantitative estimate of drug-likeness (QED) is 0.732. The van der Waals surface area contributed by atoms with Crippen molar-refractivity contribution in [3.05, 3.63) is 70.9 Å². The SMILES string of the molecule is O=C(c1ccncc1)N1CCC(NCCn2ncc3ccccc3c2=O)CC1. The molecule has 7 heteroatoms. The Bertz CT molecular complexity index is 1010. The third-order valence-corrected chi connectivity index (χ3v) is 5.23. The molecule has 1 fully saturated rings. The van der Waals surface area contributed by atoms with Gasteiger partial charge in [0.05, 0.1) is 18.1 Å². The first-order valence-electron chi connectivity index (χ1n) is 9.60. The van der Waals surface area contributed by atoms with E-state index in [1.165, 1.54) is 4.68 Å². The number of amides is 1. The number of piperidine rings is 1. The van der Waals surface area contributed by atoms with Crippen LogP contribution >= 0.6 is 0 Å². The third-order valence-electron chi connectivity index (χ3n) is 5.23. The molecule has 0 radical (unpaired) electrons. The molecule has 1 N–H and O–H groups in total. The first-order valence-corrected chi connectivity index (χ1v) is 9.60. The van der Waals surface area contributed by atoms with Crippen LogP contribution in [0.4, 0.5) is 0 Å². The van der Waals surface area contributed by atoms with E-state index < -0.39 is 0 Å². The van der Waals surface area contributed by atoms with Crippen molar-refractivity contribution < 1.29 is 4.79 Å². The third kappa shape index (κ3) is 3.94. The number of nitrogens with one attached hydrogen (secondary N) is 1. The molecule has 3 aromatic rings. The number of carbonyl (C=O) groups is 1. The highest BCUT2D eigenvalue weighted by atomic mass is 16.2. The highest BCUT2D eigenvalue weighted by Crippen LogP contribution is 2.13. The number of hydrogen-bond donors (Lipinski definition) is 1. The minimum atomic E-state index is -0.0577. The van der Waals surface area contributed by atoms with Crippen molar-refractivity contribution in [2.75, 3.05) is 19.6 Å². The van der Waals surface area contributed by atoms with Gasteiger partial charge in [0.15, 0.2) is 0 Å². The Morgan fingerprint density at radius 3 is 2.64 bits per heavy atom. The second-order valence-electron chi connectivity index (χ2n) is 7.02. The Morgan fingerprint density at radius 1 is 1.11 bits per heavy atom. The second-order valence-corrected chi connectivity index (χ2v) is 7.02. The molecular formula is C21H23N5O2. The second kappa shape index (κ2) is 8.31. The Kier molecular flexibility index (Phi) is 5.43. The van der Waals surface area contributed by atoms with Gasteiger partial charge in [-0.15, -0.1) is 0 Å². The normalized spacial score (nSPS) is 15.1. The molecule has 1 aliphatic heterocycles. The van der Waals surface area contributed by atoms with Crippen LogP contribution in [0, 0.1) is 0 Å². The van der Waals surface area contributed by atoms with E-state index in [-0.39, 0.29) is 11.5 Å². The first kappa shape index (κ1) is 18.3. The zero-order valence-electron chi connectivity index (χ0n) is 15.6. The van der Waals surface area contributed by atoms with Crippen molar-refractivity contribution in [1.82, 2.24) is 25.0 Å². The summed E-state index contributed by atoms with van der Waals surface area (Å²) in [5.41, 5.74) is 0.626. The lowest BCUT2D eigenvalue weighted by Crippen LogP contribution is -2.45. The molecule has 28 heavy (non-hydrogen) atoms. The van der Waals surface area contributed by atoms with Crippen LogP contribution in [0.15, 0.2) is 59.8 Å². The first-order chi connectivity index (χ1) is 13.7. The van der Waals surface area contributed by atoms with Gasteiger partial charge in [-0.2, -0.15) is 5.10 Å². The summed E-state index contributed by atoms with van der Waals surface area (Å²) in [5, 5.41) is 9.32. The number of nitrogens with zero attached hydrogens (tertiary/aromatic N) is 4. The van der Waals surface area contributed by atoms with Gasteiger partial charge in [-0.3, -0.25) is 14.6 Å². The van der Waals surface area contributed by atoms with Gasteiger partial charge in [0.2, 0.25) is 0 Å². The Morgan fingerprint density at radius 2 is 1.86 bits per heavy atom. The summed E-state index contributed by atoms with van der Waals surface area (Å²) in [5.74, 6) is 0.0627. The van der Waals surface area contributed by atoms with E-state index in [0.29, 0.717) is 30.1 Å². The zero-order chi connectivity index (χ0) is 19.3. The van der Waals surface area contributed by atoms with Crippen LogP contribution in [-0.2, 0) is 6.54 Å². The summed E-state index contributed by atoms with van der Waals surface area (Å²) in [6, 6.07) is 11.3. The van der Waals surface area contributed by atoms with E-state index in [1.54, 1.807) is 30.7 Å². The summed E-state index contributed by atoms with van der Waals surface area (Å²) in [7, 11) is 0. The molecule has 3 heterocycles. The molecule has 0 atom stereocenters. The van der Waals surface area contributed by atoms with Gasteiger partial charge >= 0.3 is 0 Å². The predicted octanol–water partition coefficient (Wildman–Crippen LogP) is 1.69. The van der Waals surface area contributed by atoms with Crippen LogP contribution in [-0.4, -0.2) is 51.2 Å². The maximum atomic E-state index is 12.5. The topological polar surface area (TPSA) is 80.1 Å². The number of pyridine rings is 1. The fourth-order valence-electron chi connectivity index (χ4n) is 3.63. The van der Waals surface area contributed by atoms with Gasteiger partial charge in [-0.25, -0.2) is 4.68 Å². The van der Waals surface area contributed by atoms with Gasteiger partial charge in [0.25, 0.3) is 11.5 Å². The molecule has 0 spiro atoms. The van der Waals surface area contributed by atoms with E-state index >= 15 is 0 Å². The van der Waals surface area contributed by atoms with Crippen molar-refractivity contribution in [1.29, 1.82) is 0 Å². The van der Waals surface area contributed by atoms with Crippen molar-refractivity contribution >= 4 is 16.7 Å². The smallest absolute Gasteiger partial charge is 0.274 e. The number of rotatable bonds is 5. The van der Waals surface area contributed by atoms with E-state index in [4.69, 9.17) is 0 Å². The van der Waals surface area contributed by atoms with Crippen LogP contribution < -0.4 is 10.9 Å². The van der Waals surface area contributed by atoms with Crippen LogP contribution in [0.25, 0.3) is 10.8 Å². The molecule has 0 aliphatic carbocycles. The predicted molar refractivity (Wildman–Crippen MR) is 107 cm³/mol. The fourth-order valence-corrected chi connectivity index (χ4v) is 3.63. The number of benzene rings is 1. The molecule has 0 saturated carbocycles. The molecule has 2 aromatic heterocycles. The van der Waals surface area contributed by atoms with Crippen LogP contribution in [0.3, 0.4) is 0 Å². The lowest BCUT2D eigenvalue weighted by Gasteiger charge is -2.32. The van der Waals surface area contributed by atoms with Gasteiger partial charge in [0.1, 0.15) is 0 Å². The lowest BCUT2D eigenvalue weighted by molar-refractivity contribution is 0.0705. The van der Waals surface area contributed by atoms with E-state index in [0.717, 1.165) is 31.3 Å². The number of aromatic nitrogens is 3. The molecular weight excluding hydrogens is 354 g/mol. The number of fused-ring (bicyclic) bond motifs is 1. The number of carbonyl (C=O) groups excluding carboxylic acids is 1. The molecule has 0 bridgehead atoms. The Labute approximate surface area is 163 Å². The highest BCUT2D eigenvalue weighted by molar-refractivity contribution is 5.94. The average molecular weight is 377 g/mol. The molecule has 1 aromatic carbocycles. The van der Waals surface area contributed by atoms with Crippen LogP contribution in [0.1, 0.15) is 23.2 Å². The summed E-state index contributed by atoms with van der Waals surface area (Å²) >= 11 is 0. The molecule has 7 nitrogen and oxygen atoms in total. The average Bonchev–Trinajstić information content (AvgIpc) is 2.76. The van der Waals surface area contributed by atoms with Gasteiger partial charge in [-0.05, 0) is 31.0 Å². The van der Waals surface area contributed by atoms with Gasteiger partial charge in [-0.1, -0.05) is 18.2 Å². The Balaban J connectivity index is 1.28. The lowest BCUT2D eigenvalue weighted by atomic mass is 10.0. The number of likely N-dealkylation sites (tertiary alicyclic amines) is 1. The molecule has 1 amide bonds. The molecule has 0 unspecified atom stereocenters. The number of hydrogen-bond acceptors (Lipinski definition) is 5. The van der Waals surface area contributed by atoms with Crippen molar-refractivity contribution in [3.63, 3.8) is 0 Å². The molecule has 1 saturated heterocycles. The minimum Gasteiger partial charge on any atom is -0.339 e. The minimum absolute atomic E-state index is 0.0577. The largest absolute Gasteiger partial charge is 0.339 e. The van der Waals surface area contributed by atoms with Crippen LogP contribution in [0.5, 0.6) is 0 Å². The fraction of sp³-hybridized carbons (Fsp3) is 0.333. The maximum absolute atomic E-state index is 12.5. The maximum Gasteiger partial charge on any atom is 0.274 e. The van der Waals surface area contributed by atoms with Crippen LogP contribution in [0.2, 0.25) is 0 Å². The van der Waals surface area contributed by atoms with E-state index in [2.05, 4.69) is 15.4 Å². The van der Waals surface area contributed by atoms with Crippen molar-refractivity contribution in [2.45, 2.75) is 25.4 Å². The summed E-state index contributed by atoms with van der Waals surface area (Å²) in [4.78, 5) is 30.8. The summed E-state index contributed by atoms with van der Waals surface area (Å²) < 4.78 is 1.51. The van der Waals surface area contributed by atoms with Crippen molar-refractivity contribution in [2.24, 2.45) is 0 Å².